The quantitative estimate of drug-likeness (QED) is 0.745. The van der Waals surface area contributed by atoms with Crippen molar-refractivity contribution in [3.8, 4) is 11.5 Å². The van der Waals surface area contributed by atoms with Crippen molar-refractivity contribution in [3.63, 3.8) is 0 Å². The molecule has 0 radical (unpaired) electrons. The van der Waals surface area contributed by atoms with Crippen LogP contribution >= 0.6 is 0 Å². The van der Waals surface area contributed by atoms with E-state index >= 15 is 0 Å². The number of benzene rings is 1. The molecule has 1 N–H and O–H groups in total. The Labute approximate surface area is 102 Å². The molecule has 2 aromatic heterocycles. The Kier molecular flexibility index (Phi) is 2.30. The van der Waals surface area contributed by atoms with Gasteiger partial charge in [0.25, 0.3) is 0 Å². The standard InChI is InChI=1S/C13H8N2O3/c16-13(17)10-7-14-9(6-15-10)12-5-8-3-1-2-4-11(8)18-12/h1-7H,(H,16,17). The van der Waals surface area contributed by atoms with Crippen LogP contribution in [0.2, 0.25) is 0 Å². The number of furan rings is 1. The number of aromatic carboxylic acids is 1. The third-order valence-corrected chi connectivity index (χ3v) is 2.55. The number of rotatable bonds is 2. The molecule has 88 valence electrons. The first kappa shape index (κ1) is 10.5. The third-order valence-electron chi connectivity index (χ3n) is 2.55. The Morgan fingerprint density at radius 2 is 2.00 bits per heavy atom. The summed E-state index contributed by atoms with van der Waals surface area (Å²) >= 11 is 0. The zero-order chi connectivity index (χ0) is 12.5. The molecule has 18 heavy (non-hydrogen) atoms. The summed E-state index contributed by atoms with van der Waals surface area (Å²) in [4.78, 5) is 18.5. The van der Waals surface area contributed by atoms with Crippen LogP contribution in [-0.2, 0) is 0 Å². The number of hydrogen-bond acceptors (Lipinski definition) is 4. The van der Waals surface area contributed by atoms with Gasteiger partial charge in [-0.15, -0.1) is 0 Å². The SMILES string of the molecule is O=C(O)c1cnc(-c2cc3ccccc3o2)cn1. The smallest absolute Gasteiger partial charge is 0.356 e. The van der Waals surface area contributed by atoms with E-state index in [0.717, 1.165) is 11.0 Å². The lowest BCUT2D eigenvalue weighted by Crippen LogP contribution is -2.00. The zero-order valence-electron chi connectivity index (χ0n) is 9.20. The minimum absolute atomic E-state index is 0.0881. The maximum absolute atomic E-state index is 10.7. The second-order valence-electron chi connectivity index (χ2n) is 3.74. The molecule has 2 heterocycles. The summed E-state index contributed by atoms with van der Waals surface area (Å²) in [7, 11) is 0. The Morgan fingerprint density at radius 1 is 1.17 bits per heavy atom. The molecular formula is C13H8N2O3. The van der Waals surface area contributed by atoms with Crippen molar-refractivity contribution in [2.45, 2.75) is 0 Å². The molecule has 0 aliphatic carbocycles. The molecule has 3 rings (SSSR count). The van der Waals surface area contributed by atoms with Gasteiger partial charge in [0.2, 0.25) is 0 Å². The van der Waals surface area contributed by atoms with E-state index in [4.69, 9.17) is 9.52 Å². The van der Waals surface area contributed by atoms with Crippen molar-refractivity contribution in [1.29, 1.82) is 0 Å². The minimum Gasteiger partial charge on any atom is -0.476 e. The predicted octanol–water partition coefficient (Wildman–Crippen LogP) is 2.59. The van der Waals surface area contributed by atoms with Gasteiger partial charge in [-0.1, -0.05) is 18.2 Å². The number of nitrogens with zero attached hydrogens (tertiary/aromatic N) is 2. The van der Waals surface area contributed by atoms with Crippen LogP contribution in [0, 0.1) is 0 Å². The summed E-state index contributed by atoms with van der Waals surface area (Å²) in [6.45, 7) is 0. The van der Waals surface area contributed by atoms with Gasteiger partial charge >= 0.3 is 5.97 Å². The molecule has 0 unspecified atom stereocenters. The lowest BCUT2D eigenvalue weighted by Gasteiger charge is -1.95. The molecule has 5 heteroatoms. The van der Waals surface area contributed by atoms with Gasteiger partial charge in [0, 0.05) is 5.39 Å². The van der Waals surface area contributed by atoms with E-state index in [0.29, 0.717) is 11.5 Å². The molecule has 0 amide bonds. The molecular weight excluding hydrogens is 232 g/mol. The first-order valence-electron chi connectivity index (χ1n) is 5.28. The van der Waals surface area contributed by atoms with Crippen molar-refractivity contribution in [3.05, 3.63) is 48.4 Å². The van der Waals surface area contributed by atoms with Crippen LogP contribution in [0.15, 0.2) is 47.1 Å². The highest BCUT2D eigenvalue weighted by molar-refractivity contribution is 5.85. The molecule has 0 fully saturated rings. The van der Waals surface area contributed by atoms with Gasteiger partial charge < -0.3 is 9.52 Å². The number of carboxylic acids is 1. The van der Waals surface area contributed by atoms with E-state index in [2.05, 4.69) is 9.97 Å². The highest BCUT2D eigenvalue weighted by Crippen LogP contribution is 2.25. The van der Waals surface area contributed by atoms with Gasteiger partial charge in [0.15, 0.2) is 11.5 Å². The molecule has 0 spiro atoms. The zero-order valence-corrected chi connectivity index (χ0v) is 9.20. The average molecular weight is 240 g/mol. The number of hydrogen-bond donors (Lipinski definition) is 1. The summed E-state index contributed by atoms with van der Waals surface area (Å²) in [5.74, 6) is -0.528. The summed E-state index contributed by atoms with van der Waals surface area (Å²) < 4.78 is 5.60. The van der Waals surface area contributed by atoms with E-state index < -0.39 is 5.97 Å². The normalized spacial score (nSPS) is 10.7. The van der Waals surface area contributed by atoms with Gasteiger partial charge in [-0.3, -0.25) is 0 Å². The van der Waals surface area contributed by atoms with Crippen molar-refractivity contribution >= 4 is 16.9 Å². The fourth-order valence-corrected chi connectivity index (χ4v) is 1.67. The topological polar surface area (TPSA) is 76.2 Å². The van der Waals surface area contributed by atoms with E-state index in [1.165, 1.54) is 12.4 Å². The monoisotopic (exact) mass is 240 g/mol. The summed E-state index contributed by atoms with van der Waals surface area (Å²) in [5.41, 5.74) is 1.18. The van der Waals surface area contributed by atoms with Crippen LogP contribution in [0.4, 0.5) is 0 Å². The molecule has 0 atom stereocenters. The van der Waals surface area contributed by atoms with Gasteiger partial charge in [-0.05, 0) is 12.1 Å². The Hall–Kier alpha value is -2.69. The van der Waals surface area contributed by atoms with Crippen molar-refractivity contribution in [2.75, 3.05) is 0 Å². The molecule has 1 aromatic carbocycles. The van der Waals surface area contributed by atoms with Gasteiger partial charge in [-0.2, -0.15) is 0 Å². The molecule has 0 saturated carbocycles. The molecule has 0 aliphatic rings. The van der Waals surface area contributed by atoms with Crippen LogP contribution in [0.5, 0.6) is 0 Å². The largest absolute Gasteiger partial charge is 0.476 e. The summed E-state index contributed by atoms with van der Waals surface area (Å²) in [6, 6.07) is 9.44. The lowest BCUT2D eigenvalue weighted by molar-refractivity contribution is 0.0690. The number of aromatic nitrogens is 2. The fourth-order valence-electron chi connectivity index (χ4n) is 1.67. The van der Waals surface area contributed by atoms with Gasteiger partial charge in [0.1, 0.15) is 11.3 Å². The predicted molar refractivity (Wildman–Crippen MR) is 64.2 cm³/mol. The molecule has 0 saturated heterocycles. The van der Waals surface area contributed by atoms with Crippen molar-refractivity contribution < 1.29 is 14.3 Å². The molecule has 3 aromatic rings. The first-order valence-corrected chi connectivity index (χ1v) is 5.28. The third kappa shape index (κ3) is 1.71. The van der Waals surface area contributed by atoms with E-state index in [-0.39, 0.29) is 5.69 Å². The lowest BCUT2D eigenvalue weighted by atomic mass is 10.2. The second kappa shape index (κ2) is 3.96. The maximum Gasteiger partial charge on any atom is 0.356 e. The Balaban J connectivity index is 2.06. The molecule has 5 nitrogen and oxygen atoms in total. The molecule has 0 bridgehead atoms. The average Bonchev–Trinajstić information content (AvgIpc) is 2.82. The Morgan fingerprint density at radius 3 is 2.67 bits per heavy atom. The summed E-state index contributed by atoms with van der Waals surface area (Å²) in [6.07, 6.45) is 2.60. The van der Waals surface area contributed by atoms with E-state index in [1.54, 1.807) is 0 Å². The fraction of sp³-hybridized carbons (Fsp3) is 0. The highest BCUT2D eigenvalue weighted by atomic mass is 16.4. The van der Waals surface area contributed by atoms with Crippen LogP contribution in [0.1, 0.15) is 10.5 Å². The number of fused-ring (bicyclic) bond motifs is 1. The Bertz CT molecular complexity index is 683. The van der Waals surface area contributed by atoms with Crippen LogP contribution < -0.4 is 0 Å². The second-order valence-corrected chi connectivity index (χ2v) is 3.74. The van der Waals surface area contributed by atoms with Crippen LogP contribution in [-0.4, -0.2) is 21.0 Å². The molecule has 0 aliphatic heterocycles. The number of carbonyl (C=O) groups is 1. The van der Waals surface area contributed by atoms with E-state index in [9.17, 15) is 4.79 Å². The highest BCUT2D eigenvalue weighted by Gasteiger charge is 2.09. The van der Waals surface area contributed by atoms with Crippen LogP contribution in [0.25, 0.3) is 22.4 Å². The van der Waals surface area contributed by atoms with Crippen molar-refractivity contribution in [2.24, 2.45) is 0 Å². The summed E-state index contributed by atoms with van der Waals surface area (Å²) in [5, 5.41) is 9.70. The minimum atomic E-state index is -1.10. The number of para-hydroxylation sites is 1. The van der Waals surface area contributed by atoms with E-state index in [1.807, 2.05) is 30.3 Å². The van der Waals surface area contributed by atoms with Crippen LogP contribution in [0.3, 0.4) is 0 Å². The first-order chi connectivity index (χ1) is 8.74. The van der Waals surface area contributed by atoms with Crippen molar-refractivity contribution in [1.82, 2.24) is 9.97 Å². The number of carboxylic acid groups (broad SMARTS) is 1. The maximum atomic E-state index is 10.7. The van der Waals surface area contributed by atoms with Gasteiger partial charge in [0.05, 0.1) is 12.4 Å². The van der Waals surface area contributed by atoms with Gasteiger partial charge in [-0.25, -0.2) is 14.8 Å².